The number of carbonyl (C=O) groups is 2. The standard InChI is InChI=1S/C11H18N2O3.CH4O.Na/c1-4-6-7(3)11(5-2)8(14)12-10(16)13-9(11)15;1-2;/h7H,4-6H2,1-3H3,(H2,12,13,14,15,16);2H,1H3;/q;;+1/p-1. The van der Waals surface area contributed by atoms with Crippen LogP contribution in [0.15, 0.2) is 4.99 Å². The van der Waals surface area contributed by atoms with Crippen molar-refractivity contribution in [2.75, 3.05) is 7.11 Å². The van der Waals surface area contributed by atoms with Crippen LogP contribution in [0.1, 0.15) is 40.0 Å². The number of hydrogen-bond acceptors (Lipinski definition) is 4. The quantitative estimate of drug-likeness (QED) is 0.418. The Hall–Kier alpha value is -0.430. The predicted octanol–water partition coefficient (Wildman–Crippen LogP) is -3.20. The summed E-state index contributed by atoms with van der Waals surface area (Å²) in [6.45, 7) is 5.62. The average Bonchev–Trinajstić information content (AvgIpc) is 2.32. The summed E-state index contributed by atoms with van der Waals surface area (Å²) in [5.41, 5.74) is -1.15. The zero-order valence-electron chi connectivity index (χ0n) is 12.3. The second kappa shape index (κ2) is 9.47. The molecule has 1 aliphatic rings. The maximum atomic E-state index is 11.9. The number of aliphatic hydroxyl groups excluding tert-OH is 1. The molecule has 104 valence electrons. The number of carbonyl (C=O) groups excluding carboxylic acids is 2. The van der Waals surface area contributed by atoms with E-state index in [1.807, 2.05) is 13.8 Å². The van der Waals surface area contributed by atoms with Crippen LogP contribution in [0.5, 0.6) is 0 Å². The van der Waals surface area contributed by atoms with Gasteiger partial charge in [0, 0.05) is 7.11 Å². The predicted molar refractivity (Wildman–Crippen MR) is 65.5 cm³/mol. The third-order valence-corrected chi connectivity index (χ3v) is 3.33. The Balaban J connectivity index is 0. The molecule has 6 nitrogen and oxygen atoms in total. The molecule has 0 aromatic carbocycles. The maximum Gasteiger partial charge on any atom is 1.00 e. The van der Waals surface area contributed by atoms with Crippen molar-refractivity contribution < 1.29 is 49.4 Å². The minimum absolute atomic E-state index is 0. The number of hydrogen-bond donors (Lipinski definition) is 2. The molecule has 7 heteroatoms. The van der Waals surface area contributed by atoms with Crippen molar-refractivity contribution in [3.8, 4) is 0 Å². The number of aliphatic hydroxyl groups is 1. The van der Waals surface area contributed by atoms with Crippen molar-refractivity contribution in [3.05, 3.63) is 0 Å². The first kappa shape index (κ1) is 20.9. The van der Waals surface area contributed by atoms with E-state index in [1.54, 1.807) is 6.92 Å². The molecule has 1 rings (SSSR count). The third-order valence-electron chi connectivity index (χ3n) is 3.33. The number of nitrogens with one attached hydrogen (secondary N) is 1. The maximum absolute atomic E-state index is 11.9. The molecule has 2 unspecified atom stereocenters. The molecule has 2 amide bonds. The van der Waals surface area contributed by atoms with Crippen LogP contribution in [-0.4, -0.2) is 30.1 Å². The van der Waals surface area contributed by atoms with Crippen molar-refractivity contribution in [1.29, 1.82) is 0 Å². The van der Waals surface area contributed by atoms with E-state index in [2.05, 4.69) is 10.3 Å². The molecule has 19 heavy (non-hydrogen) atoms. The molecule has 0 spiro atoms. The minimum Gasteiger partial charge on any atom is -0.846 e. The Kier molecular flexibility index (Phi) is 10.4. The van der Waals surface area contributed by atoms with Crippen molar-refractivity contribution in [3.63, 3.8) is 0 Å². The first-order chi connectivity index (χ1) is 8.48. The zero-order chi connectivity index (χ0) is 14.3. The summed E-state index contributed by atoms with van der Waals surface area (Å²) < 4.78 is 0. The minimum atomic E-state index is -1.15. The van der Waals surface area contributed by atoms with Gasteiger partial charge in [-0.05, 0) is 18.8 Å². The molecule has 0 saturated carbocycles. The van der Waals surface area contributed by atoms with Gasteiger partial charge in [0.2, 0.25) is 5.91 Å². The molecule has 0 bridgehead atoms. The zero-order valence-corrected chi connectivity index (χ0v) is 14.3. The fraction of sp³-hybridized carbons (Fsp3) is 0.750. The third kappa shape index (κ3) is 4.27. The van der Waals surface area contributed by atoms with Crippen LogP contribution in [0.25, 0.3) is 0 Å². The molecule has 1 heterocycles. The summed E-state index contributed by atoms with van der Waals surface area (Å²) in [7, 11) is 1.00. The van der Waals surface area contributed by atoms with Gasteiger partial charge in [0.05, 0.1) is 6.02 Å². The van der Waals surface area contributed by atoms with E-state index in [9.17, 15) is 14.7 Å². The van der Waals surface area contributed by atoms with Crippen molar-refractivity contribution in [2.45, 2.75) is 40.0 Å². The number of rotatable bonds is 4. The molecule has 0 fully saturated rings. The number of amides is 2. The van der Waals surface area contributed by atoms with Gasteiger partial charge in [-0.25, -0.2) is 4.99 Å². The molecule has 0 aromatic heterocycles. The smallest absolute Gasteiger partial charge is 0.846 e. The molecule has 0 aromatic rings. The Bertz CT molecular complexity index is 347. The van der Waals surface area contributed by atoms with Gasteiger partial charge in [0.25, 0.3) is 5.91 Å². The van der Waals surface area contributed by atoms with E-state index in [0.717, 1.165) is 20.0 Å². The molecular formula is C12H21N2NaO4. The van der Waals surface area contributed by atoms with Crippen molar-refractivity contribution in [1.82, 2.24) is 5.32 Å². The summed E-state index contributed by atoms with van der Waals surface area (Å²) in [5, 5.41) is 20.1. The van der Waals surface area contributed by atoms with Crippen molar-refractivity contribution in [2.24, 2.45) is 16.3 Å². The first-order valence-corrected chi connectivity index (χ1v) is 6.05. The van der Waals surface area contributed by atoms with Gasteiger partial charge in [0.15, 0.2) is 0 Å². The second-order valence-corrected chi connectivity index (χ2v) is 4.19. The Labute approximate surface area is 136 Å². The number of amidine groups is 1. The van der Waals surface area contributed by atoms with Crippen LogP contribution in [-0.2, 0) is 9.59 Å². The normalized spacial score (nSPS) is 23.3. The fourth-order valence-corrected chi connectivity index (χ4v) is 2.30. The van der Waals surface area contributed by atoms with E-state index in [0.29, 0.717) is 6.42 Å². The largest absolute Gasteiger partial charge is 1.00 e. The summed E-state index contributed by atoms with van der Waals surface area (Å²) in [4.78, 5) is 27.1. The fourth-order valence-electron chi connectivity index (χ4n) is 2.30. The van der Waals surface area contributed by atoms with Crippen LogP contribution in [0, 0.1) is 11.3 Å². The van der Waals surface area contributed by atoms with Crippen molar-refractivity contribution >= 4 is 17.8 Å². The van der Waals surface area contributed by atoms with Crippen LogP contribution in [0.2, 0.25) is 0 Å². The van der Waals surface area contributed by atoms with E-state index in [-0.39, 0.29) is 35.5 Å². The van der Waals surface area contributed by atoms with Crippen LogP contribution < -0.4 is 40.0 Å². The van der Waals surface area contributed by atoms with Crippen LogP contribution in [0.3, 0.4) is 0 Å². The molecule has 0 radical (unpaired) electrons. The van der Waals surface area contributed by atoms with Gasteiger partial charge in [-0.15, -0.1) is 0 Å². The van der Waals surface area contributed by atoms with E-state index < -0.39 is 23.3 Å². The van der Waals surface area contributed by atoms with Gasteiger partial charge >= 0.3 is 29.6 Å². The topological polar surface area (TPSA) is 102 Å². The van der Waals surface area contributed by atoms with Gasteiger partial charge in [-0.2, -0.15) is 0 Å². The Morgan fingerprint density at radius 2 is 1.89 bits per heavy atom. The van der Waals surface area contributed by atoms with Gasteiger partial charge in [-0.1, -0.05) is 27.2 Å². The summed E-state index contributed by atoms with van der Waals surface area (Å²) in [6, 6.07) is -0.845. The molecule has 2 atom stereocenters. The van der Waals surface area contributed by atoms with Crippen LogP contribution >= 0.6 is 0 Å². The summed E-state index contributed by atoms with van der Waals surface area (Å²) >= 11 is 0. The Morgan fingerprint density at radius 1 is 1.37 bits per heavy atom. The summed E-state index contributed by atoms with van der Waals surface area (Å²) in [6.07, 6.45) is 2.02. The number of nitrogens with zero attached hydrogens (tertiary/aromatic N) is 1. The first-order valence-electron chi connectivity index (χ1n) is 6.05. The molecule has 0 aliphatic carbocycles. The van der Waals surface area contributed by atoms with Crippen LogP contribution in [0.4, 0.5) is 0 Å². The molecule has 2 N–H and O–H groups in total. The molecule has 1 aliphatic heterocycles. The van der Waals surface area contributed by atoms with E-state index in [1.165, 1.54) is 0 Å². The number of aliphatic imine (C=N–C) groups is 1. The molecular weight excluding hydrogens is 259 g/mol. The van der Waals surface area contributed by atoms with Gasteiger partial charge < -0.3 is 15.5 Å². The SMILES string of the molecule is CCCC(C)C1(CC)C(=O)N=C([O-])NC1=O.CO.[Na+]. The summed E-state index contributed by atoms with van der Waals surface area (Å²) in [5.74, 6) is -1.20. The molecule has 0 saturated heterocycles. The second-order valence-electron chi connectivity index (χ2n) is 4.19. The van der Waals surface area contributed by atoms with Gasteiger partial charge in [-0.3, -0.25) is 9.59 Å². The monoisotopic (exact) mass is 280 g/mol. The van der Waals surface area contributed by atoms with Gasteiger partial charge in [0.1, 0.15) is 5.41 Å². The average molecular weight is 280 g/mol. The van der Waals surface area contributed by atoms with E-state index in [4.69, 9.17) is 5.11 Å². The van der Waals surface area contributed by atoms with E-state index >= 15 is 0 Å². The Morgan fingerprint density at radius 3 is 2.26 bits per heavy atom.